The van der Waals surface area contributed by atoms with Crippen molar-refractivity contribution in [3.63, 3.8) is 0 Å². The van der Waals surface area contributed by atoms with E-state index < -0.39 is 0 Å². The number of carbonyl (C=O) groups is 1. The number of amides is 1. The van der Waals surface area contributed by atoms with E-state index in [2.05, 4.69) is 15.5 Å². The number of likely N-dealkylation sites (N-methyl/N-ethyl adjacent to an activating group) is 1. The predicted molar refractivity (Wildman–Crippen MR) is 79.9 cm³/mol. The fourth-order valence-corrected chi connectivity index (χ4v) is 2.12. The zero-order valence-electron chi connectivity index (χ0n) is 12.8. The Kier molecular flexibility index (Phi) is 4.70. The molecule has 0 saturated heterocycles. The maximum atomic E-state index is 12.1. The van der Waals surface area contributed by atoms with Crippen LogP contribution in [0.25, 0.3) is 0 Å². The summed E-state index contributed by atoms with van der Waals surface area (Å²) in [6.07, 6.45) is 0. The Morgan fingerprint density at radius 1 is 1.24 bits per heavy atom. The van der Waals surface area contributed by atoms with Gasteiger partial charge in [0.1, 0.15) is 0 Å². The minimum absolute atomic E-state index is 0.0638. The molecule has 0 aliphatic carbocycles. The summed E-state index contributed by atoms with van der Waals surface area (Å²) in [6, 6.07) is 5.94. The minimum atomic E-state index is -0.0638. The maximum Gasteiger partial charge on any atom is 0.238 e. The first-order valence-corrected chi connectivity index (χ1v) is 6.79. The average Bonchev–Trinajstić information content (AvgIpc) is 2.79. The Bertz CT molecular complexity index is 616. The van der Waals surface area contributed by atoms with Crippen molar-refractivity contribution in [3.8, 4) is 0 Å². The van der Waals surface area contributed by atoms with Gasteiger partial charge in [-0.05, 0) is 32.0 Å². The molecule has 2 aromatic rings. The van der Waals surface area contributed by atoms with Crippen molar-refractivity contribution in [2.24, 2.45) is 0 Å². The Balaban J connectivity index is 1.92. The van der Waals surface area contributed by atoms with E-state index in [1.54, 1.807) is 6.92 Å². The zero-order chi connectivity index (χ0) is 15.4. The lowest BCUT2D eigenvalue weighted by molar-refractivity contribution is -0.117. The molecule has 1 amide bonds. The Hall–Kier alpha value is -2.21. The predicted octanol–water partition coefficient (Wildman–Crippen LogP) is 2.07. The molecule has 1 aromatic heterocycles. The van der Waals surface area contributed by atoms with Gasteiger partial charge in [0.05, 0.1) is 13.1 Å². The molecule has 0 saturated carbocycles. The van der Waals surface area contributed by atoms with Crippen LogP contribution in [0.1, 0.15) is 22.9 Å². The summed E-state index contributed by atoms with van der Waals surface area (Å²) in [5, 5.41) is 10.6. The highest BCUT2D eigenvalue weighted by atomic mass is 16.4. The molecule has 0 aliphatic rings. The zero-order valence-corrected chi connectivity index (χ0v) is 12.8. The Labute approximate surface area is 124 Å². The molecular formula is C15H20N4O2. The van der Waals surface area contributed by atoms with E-state index in [4.69, 9.17) is 4.42 Å². The summed E-state index contributed by atoms with van der Waals surface area (Å²) in [4.78, 5) is 13.9. The topological polar surface area (TPSA) is 71.3 Å². The SMILES string of the molecule is Cc1nnc(CN(C)CC(=O)Nc2c(C)cccc2C)o1. The third-order valence-corrected chi connectivity index (χ3v) is 3.13. The van der Waals surface area contributed by atoms with Crippen LogP contribution in [0.4, 0.5) is 5.69 Å². The first kappa shape index (κ1) is 15.2. The molecule has 0 bridgehead atoms. The largest absolute Gasteiger partial charge is 0.424 e. The second-order valence-corrected chi connectivity index (χ2v) is 5.20. The molecule has 6 heteroatoms. The smallest absolute Gasteiger partial charge is 0.238 e. The van der Waals surface area contributed by atoms with E-state index in [9.17, 15) is 4.79 Å². The minimum Gasteiger partial charge on any atom is -0.424 e. The van der Waals surface area contributed by atoms with Crippen LogP contribution in [0.5, 0.6) is 0 Å². The van der Waals surface area contributed by atoms with E-state index in [1.165, 1.54) is 0 Å². The second kappa shape index (κ2) is 6.49. The summed E-state index contributed by atoms with van der Waals surface area (Å²) in [5.41, 5.74) is 2.99. The lowest BCUT2D eigenvalue weighted by atomic mass is 10.1. The normalized spacial score (nSPS) is 10.9. The van der Waals surface area contributed by atoms with Crippen LogP contribution in [0.2, 0.25) is 0 Å². The van der Waals surface area contributed by atoms with Crippen molar-refractivity contribution in [2.75, 3.05) is 18.9 Å². The summed E-state index contributed by atoms with van der Waals surface area (Å²) >= 11 is 0. The van der Waals surface area contributed by atoms with Gasteiger partial charge in [-0.2, -0.15) is 0 Å². The van der Waals surface area contributed by atoms with E-state index in [0.29, 0.717) is 18.3 Å². The molecule has 112 valence electrons. The number of nitrogens with one attached hydrogen (secondary N) is 1. The third-order valence-electron chi connectivity index (χ3n) is 3.13. The number of nitrogens with zero attached hydrogens (tertiary/aromatic N) is 3. The van der Waals surface area contributed by atoms with Gasteiger partial charge in [-0.15, -0.1) is 10.2 Å². The number of hydrogen-bond donors (Lipinski definition) is 1. The van der Waals surface area contributed by atoms with E-state index in [0.717, 1.165) is 16.8 Å². The first-order chi connectivity index (χ1) is 9.95. The molecule has 2 rings (SSSR count). The molecule has 0 fully saturated rings. The molecule has 0 radical (unpaired) electrons. The van der Waals surface area contributed by atoms with Gasteiger partial charge < -0.3 is 9.73 Å². The van der Waals surface area contributed by atoms with Crippen molar-refractivity contribution in [2.45, 2.75) is 27.3 Å². The highest BCUT2D eigenvalue weighted by Crippen LogP contribution is 2.19. The van der Waals surface area contributed by atoms with Gasteiger partial charge in [0, 0.05) is 12.6 Å². The van der Waals surface area contributed by atoms with Crippen LogP contribution < -0.4 is 5.32 Å². The highest BCUT2D eigenvalue weighted by Gasteiger charge is 2.12. The van der Waals surface area contributed by atoms with Crippen LogP contribution in [0.3, 0.4) is 0 Å². The molecule has 1 aromatic carbocycles. The van der Waals surface area contributed by atoms with Crippen molar-refractivity contribution in [1.29, 1.82) is 0 Å². The number of aromatic nitrogens is 2. The van der Waals surface area contributed by atoms with Crippen LogP contribution in [-0.2, 0) is 11.3 Å². The highest BCUT2D eigenvalue weighted by molar-refractivity contribution is 5.93. The van der Waals surface area contributed by atoms with Crippen molar-refractivity contribution in [1.82, 2.24) is 15.1 Å². The van der Waals surface area contributed by atoms with Crippen molar-refractivity contribution >= 4 is 11.6 Å². The lowest BCUT2D eigenvalue weighted by Crippen LogP contribution is -2.30. The second-order valence-electron chi connectivity index (χ2n) is 5.20. The Morgan fingerprint density at radius 3 is 2.48 bits per heavy atom. The van der Waals surface area contributed by atoms with Gasteiger partial charge in [-0.3, -0.25) is 9.69 Å². The van der Waals surface area contributed by atoms with Crippen LogP contribution >= 0.6 is 0 Å². The summed E-state index contributed by atoms with van der Waals surface area (Å²) < 4.78 is 5.30. The molecular weight excluding hydrogens is 268 g/mol. The van der Waals surface area contributed by atoms with Gasteiger partial charge in [-0.1, -0.05) is 18.2 Å². The molecule has 1 N–H and O–H groups in total. The molecule has 21 heavy (non-hydrogen) atoms. The quantitative estimate of drug-likeness (QED) is 0.912. The van der Waals surface area contributed by atoms with Crippen molar-refractivity contribution in [3.05, 3.63) is 41.1 Å². The van der Waals surface area contributed by atoms with Gasteiger partial charge in [-0.25, -0.2) is 0 Å². The van der Waals surface area contributed by atoms with E-state index in [1.807, 2.05) is 44.0 Å². The molecule has 0 aliphatic heterocycles. The summed E-state index contributed by atoms with van der Waals surface area (Å²) in [6.45, 7) is 6.40. The van der Waals surface area contributed by atoms with Crippen LogP contribution in [0.15, 0.2) is 22.6 Å². The maximum absolute atomic E-state index is 12.1. The number of carbonyl (C=O) groups excluding carboxylic acids is 1. The number of para-hydroxylation sites is 1. The number of benzene rings is 1. The van der Waals surface area contributed by atoms with Gasteiger partial charge in [0.15, 0.2) is 0 Å². The van der Waals surface area contributed by atoms with Crippen molar-refractivity contribution < 1.29 is 9.21 Å². The number of aryl methyl sites for hydroxylation is 3. The standard InChI is InChI=1S/C15H20N4O2/c1-10-6-5-7-11(2)15(10)16-13(20)8-19(4)9-14-18-17-12(3)21-14/h5-7H,8-9H2,1-4H3,(H,16,20). The fourth-order valence-electron chi connectivity index (χ4n) is 2.12. The molecule has 0 spiro atoms. The van der Waals surface area contributed by atoms with Gasteiger partial charge >= 0.3 is 0 Å². The average molecular weight is 288 g/mol. The van der Waals surface area contributed by atoms with E-state index in [-0.39, 0.29) is 12.5 Å². The summed E-state index contributed by atoms with van der Waals surface area (Å²) in [5.74, 6) is 0.972. The summed E-state index contributed by atoms with van der Waals surface area (Å²) in [7, 11) is 1.84. The van der Waals surface area contributed by atoms with E-state index >= 15 is 0 Å². The molecule has 0 atom stereocenters. The monoisotopic (exact) mass is 288 g/mol. The molecule has 6 nitrogen and oxygen atoms in total. The number of rotatable bonds is 5. The number of hydrogen-bond acceptors (Lipinski definition) is 5. The lowest BCUT2D eigenvalue weighted by Gasteiger charge is -2.16. The molecule has 1 heterocycles. The van der Waals surface area contributed by atoms with Gasteiger partial charge in [0.25, 0.3) is 0 Å². The fraction of sp³-hybridized carbons (Fsp3) is 0.400. The Morgan fingerprint density at radius 2 is 1.90 bits per heavy atom. The first-order valence-electron chi connectivity index (χ1n) is 6.79. The molecule has 0 unspecified atom stereocenters. The van der Waals surface area contributed by atoms with Crippen LogP contribution in [0, 0.1) is 20.8 Å². The number of anilines is 1. The van der Waals surface area contributed by atoms with Crippen LogP contribution in [-0.4, -0.2) is 34.6 Å². The van der Waals surface area contributed by atoms with Gasteiger partial charge in [0.2, 0.25) is 17.7 Å². The third kappa shape index (κ3) is 4.13.